The quantitative estimate of drug-likeness (QED) is 0.815. The number of rotatable bonds is 3. The number of aryl methyl sites for hydroxylation is 1. The Hall–Kier alpha value is -0.450. The molecule has 1 fully saturated rings. The fraction of sp³-hybridized carbons (Fsp3) is 0.700. The minimum atomic E-state index is 0.684. The highest BCUT2D eigenvalue weighted by molar-refractivity contribution is 7.09. The molecule has 2 rings (SSSR count). The van der Waals surface area contributed by atoms with Gasteiger partial charge < -0.3 is 5.32 Å². The molecule has 0 amide bonds. The standard InChI is InChI=1S/C10H17N3S/c1-8-10(14-7-12-8)6-13-4-3-9(5-13)11-2/h7,9,11H,3-6H2,1-2H3. The molecule has 1 atom stereocenters. The molecule has 4 heteroatoms. The summed E-state index contributed by atoms with van der Waals surface area (Å²) in [5.41, 5.74) is 3.14. The fourth-order valence-corrected chi connectivity index (χ4v) is 2.71. The first kappa shape index (κ1) is 10.1. The summed E-state index contributed by atoms with van der Waals surface area (Å²) in [5.74, 6) is 0. The molecule has 0 radical (unpaired) electrons. The predicted octanol–water partition coefficient (Wildman–Crippen LogP) is 1.25. The molecule has 78 valence electrons. The zero-order chi connectivity index (χ0) is 9.97. The number of nitrogens with zero attached hydrogens (tertiary/aromatic N) is 2. The highest BCUT2D eigenvalue weighted by atomic mass is 32.1. The maximum atomic E-state index is 4.27. The molecule has 14 heavy (non-hydrogen) atoms. The lowest BCUT2D eigenvalue weighted by atomic mass is 10.3. The fourth-order valence-electron chi connectivity index (χ4n) is 1.89. The second-order valence-corrected chi connectivity index (χ2v) is 4.81. The summed E-state index contributed by atoms with van der Waals surface area (Å²) >= 11 is 1.77. The molecule has 1 aliphatic heterocycles. The van der Waals surface area contributed by atoms with E-state index in [-0.39, 0.29) is 0 Å². The second kappa shape index (κ2) is 4.38. The van der Waals surface area contributed by atoms with Crippen molar-refractivity contribution >= 4 is 11.3 Å². The van der Waals surface area contributed by atoms with Crippen molar-refractivity contribution in [3.8, 4) is 0 Å². The Labute approximate surface area is 89.1 Å². The molecule has 0 spiro atoms. The third-order valence-electron chi connectivity index (χ3n) is 2.89. The number of likely N-dealkylation sites (tertiary alicyclic amines) is 1. The van der Waals surface area contributed by atoms with Crippen molar-refractivity contribution in [1.29, 1.82) is 0 Å². The third-order valence-corrected chi connectivity index (χ3v) is 3.81. The minimum absolute atomic E-state index is 0.684. The Morgan fingerprint density at radius 2 is 2.57 bits per heavy atom. The van der Waals surface area contributed by atoms with Gasteiger partial charge in [-0.25, -0.2) is 4.98 Å². The van der Waals surface area contributed by atoms with Crippen LogP contribution in [0.1, 0.15) is 17.0 Å². The summed E-state index contributed by atoms with van der Waals surface area (Å²) in [6, 6.07) is 0.684. The average Bonchev–Trinajstić information content (AvgIpc) is 2.77. The first-order valence-corrected chi connectivity index (χ1v) is 5.96. The summed E-state index contributed by atoms with van der Waals surface area (Å²) < 4.78 is 0. The molecule has 0 bridgehead atoms. The van der Waals surface area contributed by atoms with Gasteiger partial charge in [0.1, 0.15) is 0 Å². The van der Waals surface area contributed by atoms with Crippen LogP contribution in [0, 0.1) is 6.92 Å². The van der Waals surface area contributed by atoms with Gasteiger partial charge in [-0.3, -0.25) is 4.90 Å². The molecule has 1 saturated heterocycles. The highest BCUT2D eigenvalue weighted by Crippen LogP contribution is 2.18. The second-order valence-electron chi connectivity index (χ2n) is 3.87. The summed E-state index contributed by atoms with van der Waals surface area (Å²) in [7, 11) is 2.05. The van der Waals surface area contributed by atoms with Crippen LogP contribution in [0.4, 0.5) is 0 Å². The van der Waals surface area contributed by atoms with Gasteiger partial charge in [-0.2, -0.15) is 0 Å². The van der Waals surface area contributed by atoms with Gasteiger partial charge in [-0.05, 0) is 20.4 Å². The van der Waals surface area contributed by atoms with E-state index in [0.717, 1.165) is 6.54 Å². The van der Waals surface area contributed by atoms with Gasteiger partial charge in [-0.15, -0.1) is 11.3 Å². The third kappa shape index (κ3) is 2.13. The Bertz CT molecular complexity index is 297. The van der Waals surface area contributed by atoms with E-state index in [9.17, 15) is 0 Å². The van der Waals surface area contributed by atoms with Gasteiger partial charge in [0.25, 0.3) is 0 Å². The Balaban J connectivity index is 1.90. The van der Waals surface area contributed by atoms with Crippen molar-refractivity contribution < 1.29 is 0 Å². The number of thiazole rings is 1. The average molecular weight is 211 g/mol. The van der Waals surface area contributed by atoms with Crippen LogP contribution in [-0.4, -0.2) is 36.1 Å². The van der Waals surface area contributed by atoms with Gasteiger partial charge in [0, 0.05) is 30.6 Å². The van der Waals surface area contributed by atoms with Gasteiger partial charge in [-0.1, -0.05) is 0 Å². The highest BCUT2D eigenvalue weighted by Gasteiger charge is 2.21. The summed E-state index contributed by atoms with van der Waals surface area (Å²) in [4.78, 5) is 8.19. The Morgan fingerprint density at radius 1 is 1.71 bits per heavy atom. The van der Waals surface area contributed by atoms with Crippen molar-refractivity contribution in [2.24, 2.45) is 0 Å². The smallest absolute Gasteiger partial charge is 0.0798 e. The van der Waals surface area contributed by atoms with E-state index in [1.807, 2.05) is 12.6 Å². The molecule has 0 aliphatic carbocycles. The number of nitrogens with one attached hydrogen (secondary N) is 1. The summed E-state index contributed by atoms with van der Waals surface area (Å²) in [6.45, 7) is 5.56. The van der Waals surface area contributed by atoms with Gasteiger partial charge in [0.2, 0.25) is 0 Å². The molecular formula is C10H17N3S. The predicted molar refractivity (Wildman–Crippen MR) is 59.6 cm³/mol. The largest absolute Gasteiger partial charge is 0.316 e. The lowest BCUT2D eigenvalue weighted by Crippen LogP contribution is -2.29. The maximum Gasteiger partial charge on any atom is 0.0798 e. The molecular weight excluding hydrogens is 194 g/mol. The van der Waals surface area contributed by atoms with Crippen LogP contribution >= 0.6 is 11.3 Å². The monoisotopic (exact) mass is 211 g/mol. The normalized spacial score (nSPS) is 23.1. The van der Waals surface area contributed by atoms with E-state index < -0.39 is 0 Å². The van der Waals surface area contributed by atoms with Gasteiger partial charge >= 0.3 is 0 Å². The van der Waals surface area contributed by atoms with Crippen LogP contribution in [0.25, 0.3) is 0 Å². The van der Waals surface area contributed by atoms with Crippen LogP contribution in [-0.2, 0) is 6.54 Å². The Morgan fingerprint density at radius 3 is 3.14 bits per heavy atom. The van der Waals surface area contributed by atoms with Crippen LogP contribution < -0.4 is 5.32 Å². The molecule has 1 aromatic rings. The van der Waals surface area contributed by atoms with E-state index in [1.165, 1.54) is 30.1 Å². The SMILES string of the molecule is CNC1CCN(Cc2scnc2C)C1. The first-order chi connectivity index (χ1) is 6.79. The zero-order valence-electron chi connectivity index (χ0n) is 8.79. The number of hydrogen-bond donors (Lipinski definition) is 1. The molecule has 1 aromatic heterocycles. The van der Waals surface area contributed by atoms with Gasteiger partial charge in [0.15, 0.2) is 0 Å². The van der Waals surface area contributed by atoms with Crippen molar-refractivity contribution in [3.63, 3.8) is 0 Å². The van der Waals surface area contributed by atoms with E-state index in [0.29, 0.717) is 6.04 Å². The summed E-state index contributed by atoms with van der Waals surface area (Å²) in [6.07, 6.45) is 1.27. The first-order valence-electron chi connectivity index (χ1n) is 5.08. The van der Waals surface area contributed by atoms with Crippen molar-refractivity contribution in [2.75, 3.05) is 20.1 Å². The molecule has 2 heterocycles. The molecule has 1 N–H and O–H groups in total. The van der Waals surface area contributed by atoms with Crippen LogP contribution in [0.15, 0.2) is 5.51 Å². The van der Waals surface area contributed by atoms with Crippen molar-refractivity contribution in [1.82, 2.24) is 15.2 Å². The number of aromatic nitrogens is 1. The molecule has 1 aliphatic rings. The topological polar surface area (TPSA) is 28.2 Å². The molecule has 0 saturated carbocycles. The zero-order valence-corrected chi connectivity index (χ0v) is 9.60. The molecule has 1 unspecified atom stereocenters. The van der Waals surface area contributed by atoms with Crippen LogP contribution in [0.3, 0.4) is 0 Å². The van der Waals surface area contributed by atoms with Crippen molar-refractivity contribution in [3.05, 3.63) is 16.1 Å². The lowest BCUT2D eigenvalue weighted by Gasteiger charge is -2.14. The lowest BCUT2D eigenvalue weighted by molar-refractivity contribution is 0.324. The van der Waals surface area contributed by atoms with E-state index in [1.54, 1.807) is 11.3 Å². The maximum absolute atomic E-state index is 4.27. The van der Waals surface area contributed by atoms with E-state index >= 15 is 0 Å². The molecule has 3 nitrogen and oxygen atoms in total. The van der Waals surface area contributed by atoms with Crippen LogP contribution in [0.5, 0.6) is 0 Å². The van der Waals surface area contributed by atoms with Gasteiger partial charge in [0.05, 0.1) is 11.2 Å². The van der Waals surface area contributed by atoms with Crippen molar-refractivity contribution in [2.45, 2.75) is 25.9 Å². The van der Waals surface area contributed by atoms with E-state index in [4.69, 9.17) is 0 Å². The summed E-state index contributed by atoms with van der Waals surface area (Å²) in [5, 5.41) is 3.33. The number of hydrogen-bond acceptors (Lipinski definition) is 4. The Kier molecular flexibility index (Phi) is 3.15. The minimum Gasteiger partial charge on any atom is -0.316 e. The van der Waals surface area contributed by atoms with E-state index in [2.05, 4.69) is 22.1 Å². The van der Waals surface area contributed by atoms with Crippen LogP contribution in [0.2, 0.25) is 0 Å². The number of likely N-dealkylation sites (N-methyl/N-ethyl adjacent to an activating group) is 1. The molecule has 0 aromatic carbocycles.